The molecule has 0 radical (unpaired) electrons. The molecule has 1 unspecified atom stereocenters. The highest BCUT2D eigenvalue weighted by molar-refractivity contribution is 6.18. The van der Waals surface area contributed by atoms with Gasteiger partial charge in [0.25, 0.3) is 0 Å². The van der Waals surface area contributed by atoms with Crippen LogP contribution in [0.4, 0.5) is 5.82 Å². The predicted octanol–water partition coefficient (Wildman–Crippen LogP) is 2.46. The lowest BCUT2D eigenvalue weighted by molar-refractivity contribution is 0.561. The van der Waals surface area contributed by atoms with Crippen molar-refractivity contribution in [1.82, 2.24) is 10.2 Å². The van der Waals surface area contributed by atoms with E-state index in [1.807, 2.05) is 13.0 Å². The molecule has 78 valence electrons. The van der Waals surface area contributed by atoms with Gasteiger partial charge in [-0.15, -0.1) is 16.7 Å². The highest BCUT2D eigenvalue weighted by Crippen LogP contribution is 2.11. The number of hydrogen-bond donors (Lipinski definition) is 1. The van der Waals surface area contributed by atoms with Gasteiger partial charge in [0, 0.05) is 11.9 Å². The molecule has 0 aliphatic rings. The maximum atomic E-state index is 5.84. The number of halogens is 1. The summed E-state index contributed by atoms with van der Waals surface area (Å²) in [4.78, 5) is 0. The Balaban J connectivity index is 2.67. The molecule has 0 aromatic carbocycles. The Bertz CT molecular complexity index is 288. The second-order valence-electron chi connectivity index (χ2n) is 3.77. The minimum absolute atomic E-state index is 0.243. The molecule has 1 atom stereocenters. The van der Waals surface area contributed by atoms with E-state index < -0.39 is 0 Å². The molecule has 1 aromatic rings. The van der Waals surface area contributed by atoms with Gasteiger partial charge in [0.15, 0.2) is 0 Å². The molecule has 1 heterocycles. The maximum Gasteiger partial charge on any atom is 0.149 e. The quantitative estimate of drug-likeness (QED) is 0.781. The van der Waals surface area contributed by atoms with Gasteiger partial charge < -0.3 is 5.32 Å². The summed E-state index contributed by atoms with van der Waals surface area (Å²) in [6.07, 6.45) is 1.73. The predicted molar refractivity (Wildman–Crippen MR) is 59.7 cm³/mol. The van der Waals surface area contributed by atoms with E-state index in [-0.39, 0.29) is 6.04 Å². The number of anilines is 1. The molecular weight excluding hydrogens is 198 g/mol. The molecule has 14 heavy (non-hydrogen) atoms. The highest BCUT2D eigenvalue weighted by Gasteiger charge is 2.12. The average molecular weight is 214 g/mol. The fourth-order valence-electron chi connectivity index (χ4n) is 1.11. The zero-order chi connectivity index (χ0) is 10.6. The van der Waals surface area contributed by atoms with Crippen LogP contribution < -0.4 is 5.32 Å². The Morgan fingerprint density at radius 1 is 1.50 bits per heavy atom. The van der Waals surface area contributed by atoms with Crippen molar-refractivity contribution < 1.29 is 0 Å². The highest BCUT2D eigenvalue weighted by atomic mass is 35.5. The summed E-state index contributed by atoms with van der Waals surface area (Å²) in [5, 5.41) is 11.1. The Labute approximate surface area is 89.9 Å². The summed E-state index contributed by atoms with van der Waals surface area (Å²) in [6.45, 7) is 6.25. The van der Waals surface area contributed by atoms with E-state index in [9.17, 15) is 0 Å². The maximum absolute atomic E-state index is 5.84. The molecule has 0 bridgehead atoms. The van der Waals surface area contributed by atoms with Gasteiger partial charge in [-0.1, -0.05) is 13.8 Å². The molecule has 3 nitrogen and oxygen atoms in total. The molecule has 0 saturated heterocycles. The smallest absolute Gasteiger partial charge is 0.149 e. The lowest BCUT2D eigenvalue weighted by atomic mass is 10.1. The van der Waals surface area contributed by atoms with Crippen LogP contribution in [0.1, 0.15) is 19.4 Å². The monoisotopic (exact) mass is 213 g/mol. The zero-order valence-corrected chi connectivity index (χ0v) is 9.54. The van der Waals surface area contributed by atoms with Crippen molar-refractivity contribution in [3.8, 4) is 0 Å². The van der Waals surface area contributed by atoms with Crippen LogP contribution >= 0.6 is 11.6 Å². The zero-order valence-electron chi connectivity index (χ0n) is 8.79. The van der Waals surface area contributed by atoms with Crippen molar-refractivity contribution in [1.29, 1.82) is 0 Å². The first kappa shape index (κ1) is 11.2. The van der Waals surface area contributed by atoms with E-state index in [4.69, 9.17) is 11.6 Å². The summed E-state index contributed by atoms with van der Waals surface area (Å²) in [5.41, 5.74) is 1.10. The molecular formula is C10H16ClN3. The second-order valence-corrected chi connectivity index (χ2v) is 4.08. The molecule has 0 spiro atoms. The summed E-state index contributed by atoms with van der Waals surface area (Å²) in [7, 11) is 0. The molecule has 1 rings (SSSR count). The fourth-order valence-corrected chi connectivity index (χ4v) is 1.54. The summed E-state index contributed by atoms with van der Waals surface area (Å²) in [5.74, 6) is 1.85. The average Bonchev–Trinajstić information content (AvgIpc) is 2.14. The number of alkyl halides is 1. The van der Waals surface area contributed by atoms with Crippen LogP contribution in [0.15, 0.2) is 12.3 Å². The summed E-state index contributed by atoms with van der Waals surface area (Å²) in [6, 6.07) is 2.21. The van der Waals surface area contributed by atoms with Crippen LogP contribution in [0.3, 0.4) is 0 Å². The first-order valence-electron chi connectivity index (χ1n) is 4.75. The van der Waals surface area contributed by atoms with Crippen molar-refractivity contribution in [3.05, 3.63) is 17.8 Å². The number of rotatable bonds is 4. The Morgan fingerprint density at radius 3 is 2.71 bits per heavy atom. The standard InChI is InChI=1S/C10H16ClN3/c1-7(2)9(5-11)13-10-4-8(3)6-12-14-10/h4,6-7,9H,5H2,1-3H3,(H,13,14). The molecule has 4 heteroatoms. The fraction of sp³-hybridized carbons (Fsp3) is 0.600. The SMILES string of the molecule is Cc1cnnc(NC(CCl)C(C)C)c1. The number of aromatic nitrogens is 2. The van der Waals surface area contributed by atoms with Crippen LogP contribution in [-0.2, 0) is 0 Å². The van der Waals surface area contributed by atoms with E-state index in [1.54, 1.807) is 6.20 Å². The molecule has 0 amide bonds. The van der Waals surface area contributed by atoms with Gasteiger partial charge in [-0.2, -0.15) is 5.10 Å². The largest absolute Gasteiger partial charge is 0.364 e. The second kappa shape index (κ2) is 5.15. The Hall–Kier alpha value is -0.830. The molecule has 0 aliphatic carbocycles. The van der Waals surface area contributed by atoms with Crippen LogP contribution in [0.5, 0.6) is 0 Å². The minimum Gasteiger partial charge on any atom is -0.364 e. The van der Waals surface area contributed by atoms with Crippen molar-refractivity contribution >= 4 is 17.4 Å². The first-order chi connectivity index (χ1) is 6.63. The molecule has 1 aromatic heterocycles. The van der Waals surface area contributed by atoms with Crippen LogP contribution in [0.25, 0.3) is 0 Å². The lowest BCUT2D eigenvalue weighted by Crippen LogP contribution is -2.27. The first-order valence-corrected chi connectivity index (χ1v) is 5.28. The summed E-state index contributed by atoms with van der Waals surface area (Å²) < 4.78 is 0. The third-order valence-electron chi connectivity index (χ3n) is 2.10. The van der Waals surface area contributed by atoms with Crippen LogP contribution in [0.2, 0.25) is 0 Å². The van der Waals surface area contributed by atoms with Crippen LogP contribution in [0, 0.1) is 12.8 Å². The summed E-state index contributed by atoms with van der Waals surface area (Å²) >= 11 is 5.84. The van der Waals surface area contributed by atoms with Gasteiger partial charge in [0.2, 0.25) is 0 Å². The van der Waals surface area contributed by atoms with Crippen molar-refractivity contribution in [2.24, 2.45) is 5.92 Å². The minimum atomic E-state index is 0.243. The van der Waals surface area contributed by atoms with E-state index >= 15 is 0 Å². The lowest BCUT2D eigenvalue weighted by Gasteiger charge is -2.19. The van der Waals surface area contributed by atoms with Crippen molar-refractivity contribution in [2.45, 2.75) is 26.8 Å². The van der Waals surface area contributed by atoms with Gasteiger partial charge in [-0.05, 0) is 24.5 Å². The number of aryl methyl sites for hydroxylation is 1. The van der Waals surface area contributed by atoms with Gasteiger partial charge in [-0.3, -0.25) is 0 Å². The van der Waals surface area contributed by atoms with E-state index in [0.717, 1.165) is 11.4 Å². The number of hydrogen-bond acceptors (Lipinski definition) is 3. The molecule has 1 N–H and O–H groups in total. The van der Waals surface area contributed by atoms with Gasteiger partial charge in [0.05, 0.1) is 6.20 Å². The Morgan fingerprint density at radius 2 is 2.21 bits per heavy atom. The number of nitrogens with one attached hydrogen (secondary N) is 1. The normalized spacial score (nSPS) is 12.9. The van der Waals surface area contributed by atoms with Gasteiger partial charge in [0.1, 0.15) is 5.82 Å². The van der Waals surface area contributed by atoms with Crippen molar-refractivity contribution in [3.63, 3.8) is 0 Å². The van der Waals surface area contributed by atoms with E-state index in [0.29, 0.717) is 11.8 Å². The molecule has 0 saturated carbocycles. The Kier molecular flexibility index (Phi) is 4.14. The molecule has 0 aliphatic heterocycles. The third-order valence-corrected chi connectivity index (χ3v) is 2.43. The number of nitrogens with zero attached hydrogens (tertiary/aromatic N) is 2. The van der Waals surface area contributed by atoms with Crippen molar-refractivity contribution in [2.75, 3.05) is 11.2 Å². The van der Waals surface area contributed by atoms with Crippen LogP contribution in [-0.4, -0.2) is 22.1 Å². The third kappa shape index (κ3) is 3.14. The van der Waals surface area contributed by atoms with E-state index in [1.165, 1.54) is 0 Å². The topological polar surface area (TPSA) is 37.8 Å². The van der Waals surface area contributed by atoms with Gasteiger partial charge in [-0.25, -0.2) is 0 Å². The van der Waals surface area contributed by atoms with E-state index in [2.05, 4.69) is 29.4 Å². The van der Waals surface area contributed by atoms with Gasteiger partial charge >= 0.3 is 0 Å². The molecule has 0 fully saturated rings.